The van der Waals surface area contributed by atoms with Crippen molar-refractivity contribution in [2.45, 2.75) is 12.5 Å². The topological polar surface area (TPSA) is 60.2 Å². The summed E-state index contributed by atoms with van der Waals surface area (Å²) in [6.07, 6.45) is 2.23. The molecule has 0 aliphatic carbocycles. The van der Waals surface area contributed by atoms with Crippen LogP contribution in [0.25, 0.3) is 0 Å². The molecule has 1 aromatic carbocycles. The van der Waals surface area contributed by atoms with Crippen LogP contribution in [0, 0.1) is 5.82 Å². The SMILES string of the molecule is COc1ccc(CC(NN)c2cc(F)ccc2Cl)cn1. The van der Waals surface area contributed by atoms with E-state index < -0.39 is 0 Å². The number of hydrogen-bond acceptors (Lipinski definition) is 4. The highest BCUT2D eigenvalue weighted by Gasteiger charge is 2.15. The molecule has 0 fully saturated rings. The highest BCUT2D eigenvalue weighted by atomic mass is 35.5. The number of rotatable bonds is 5. The lowest BCUT2D eigenvalue weighted by Crippen LogP contribution is -2.30. The van der Waals surface area contributed by atoms with Gasteiger partial charge in [-0.2, -0.15) is 0 Å². The number of nitrogens with two attached hydrogens (primary N) is 1. The molecule has 20 heavy (non-hydrogen) atoms. The van der Waals surface area contributed by atoms with Crippen LogP contribution in [0.15, 0.2) is 36.5 Å². The van der Waals surface area contributed by atoms with Crippen LogP contribution < -0.4 is 16.0 Å². The second-order valence-corrected chi connectivity index (χ2v) is 4.71. The van der Waals surface area contributed by atoms with E-state index in [2.05, 4.69) is 10.4 Å². The molecule has 0 aliphatic rings. The molecule has 1 aromatic heterocycles. The predicted octanol–water partition coefficient (Wildman–Crippen LogP) is 2.63. The minimum Gasteiger partial charge on any atom is -0.481 e. The number of pyridine rings is 1. The minimum atomic E-state index is -0.350. The summed E-state index contributed by atoms with van der Waals surface area (Å²) >= 11 is 6.09. The fourth-order valence-corrected chi connectivity index (χ4v) is 2.18. The van der Waals surface area contributed by atoms with Crippen molar-refractivity contribution in [2.24, 2.45) is 5.84 Å². The quantitative estimate of drug-likeness (QED) is 0.657. The van der Waals surface area contributed by atoms with Gasteiger partial charge in [-0.1, -0.05) is 17.7 Å². The molecule has 0 aliphatic heterocycles. The van der Waals surface area contributed by atoms with E-state index in [1.807, 2.05) is 6.07 Å². The molecule has 0 bridgehead atoms. The summed E-state index contributed by atoms with van der Waals surface area (Å²) in [6.45, 7) is 0. The van der Waals surface area contributed by atoms with Crippen molar-refractivity contribution in [2.75, 3.05) is 7.11 Å². The van der Waals surface area contributed by atoms with Gasteiger partial charge in [0.05, 0.1) is 13.2 Å². The molecule has 1 unspecified atom stereocenters. The molecule has 1 atom stereocenters. The van der Waals surface area contributed by atoms with Gasteiger partial charge in [-0.05, 0) is 35.7 Å². The maximum Gasteiger partial charge on any atom is 0.212 e. The average Bonchev–Trinajstić information content (AvgIpc) is 2.48. The van der Waals surface area contributed by atoms with Crippen molar-refractivity contribution in [3.63, 3.8) is 0 Å². The minimum absolute atomic E-state index is 0.298. The van der Waals surface area contributed by atoms with Crippen LogP contribution in [0.1, 0.15) is 17.2 Å². The van der Waals surface area contributed by atoms with Gasteiger partial charge in [0, 0.05) is 17.3 Å². The third-order valence-electron chi connectivity index (χ3n) is 2.98. The molecule has 0 spiro atoms. The monoisotopic (exact) mass is 295 g/mol. The third-order valence-corrected chi connectivity index (χ3v) is 3.33. The number of nitrogens with one attached hydrogen (secondary N) is 1. The Morgan fingerprint density at radius 3 is 2.80 bits per heavy atom. The van der Waals surface area contributed by atoms with Crippen molar-refractivity contribution >= 4 is 11.6 Å². The molecule has 1 heterocycles. The third kappa shape index (κ3) is 3.45. The molecule has 4 nitrogen and oxygen atoms in total. The summed E-state index contributed by atoms with van der Waals surface area (Å²) in [6, 6.07) is 7.55. The van der Waals surface area contributed by atoms with Crippen LogP contribution in [-0.2, 0) is 6.42 Å². The van der Waals surface area contributed by atoms with Crippen LogP contribution in [0.3, 0.4) is 0 Å². The van der Waals surface area contributed by atoms with Crippen LogP contribution in [0.5, 0.6) is 5.88 Å². The van der Waals surface area contributed by atoms with Gasteiger partial charge in [-0.15, -0.1) is 0 Å². The molecule has 0 radical (unpaired) electrons. The summed E-state index contributed by atoms with van der Waals surface area (Å²) in [5, 5.41) is 0.468. The Hall–Kier alpha value is -1.69. The summed E-state index contributed by atoms with van der Waals surface area (Å²) in [4.78, 5) is 4.12. The fourth-order valence-electron chi connectivity index (χ4n) is 1.93. The zero-order valence-electron chi connectivity index (χ0n) is 10.9. The Labute approximate surface area is 121 Å². The van der Waals surface area contributed by atoms with Crippen molar-refractivity contribution < 1.29 is 9.13 Å². The fraction of sp³-hybridized carbons (Fsp3) is 0.214. The Morgan fingerprint density at radius 1 is 1.40 bits per heavy atom. The first-order chi connectivity index (χ1) is 9.63. The van der Waals surface area contributed by atoms with Crippen molar-refractivity contribution in [1.29, 1.82) is 0 Å². The Kier molecular flexibility index (Phi) is 4.89. The Balaban J connectivity index is 2.21. The summed E-state index contributed by atoms with van der Waals surface area (Å²) in [5.41, 5.74) is 4.21. The largest absolute Gasteiger partial charge is 0.481 e. The standard InChI is InChI=1S/C14H15ClFN3O/c1-20-14-5-2-9(8-18-14)6-13(19-17)11-7-10(16)3-4-12(11)15/h2-5,7-8,13,19H,6,17H2,1H3. The number of aromatic nitrogens is 1. The normalized spacial score (nSPS) is 12.2. The number of benzene rings is 1. The van der Waals surface area contributed by atoms with Gasteiger partial charge in [0.25, 0.3) is 0 Å². The summed E-state index contributed by atoms with van der Waals surface area (Å²) in [7, 11) is 1.55. The number of methoxy groups -OCH3 is 1. The van der Waals surface area contributed by atoms with Crippen LogP contribution in [0.2, 0.25) is 5.02 Å². The zero-order valence-corrected chi connectivity index (χ0v) is 11.7. The predicted molar refractivity (Wildman–Crippen MR) is 76.0 cm³/mol. The Morgan fingerprint density at radius 2 is 2.20 bits per heavy atom. The van der Waals surface area contributed by atoms with E-state index in [0.717, 1.165) is 5.56 Å². The molecule has 3 N–H and O–H groups in total. The van der Waals surface area contributed by atoms with Crippen molar-refractivity contribution in [3.8, 4) is 5.88 Å². The number of ether oxygens (including phenoxy) is 1. The van der Waals surface area contributed by atoms with E-state index in [9.17, 15) is 4.39 Å². The van der Waals surface area contributed by atoms with Gasteiger partial charge in [-0.25, -0.2) is 9.37 Å². The van der Waals surface area contributed by atoms with E-state index in [0.29, 0.717) is 22.9 Å². The van der Waals surface area contributed by atoms with Gasteiger partial charge in [0.1, 0.15) is 5.82 Å². The summed E-state index contributed by atoms with van der Waals surface area (Å²) in [5.74, 6) is 5.74. The molecule has 6 heteroatoms. The molecular formula is C14H15ClFN3O. The molecule has 2 aromatic rings. The highest BCUT2D eigenvalue weighted by Crippen LogP contribution is 2.26. The second kappa shape index (κ2) is 6.65. The van der Waals surface area contributed by atoms with Gasteiger partial charge < -0.3 is 4.74 Å². The second-order valence-electron chi connectivity index (χ2n) is 4.30. The van der Waals surface area contributed by atoms with Crippen LogP contribution >= 0.6 is 11.6 Å². The van der Waals surface area contributed by atoms with Gasteiger partial charge in [0.15, 0.2) is 0 Å². The first kappa shape index (κ1) is 14.7. The maximum absolute atomic E-state index is 13.3. The van der Waals surface area contributed by atoms with Gasteiger partial charge in [-0.3, -0.25) is 11.3 Å². The molecular weight excluding hydrogens is 281 g/mol. The van der Waals surface area contributed by atoms with Crippen LogP contribution in [-0.4, -0.2) is 12.1 Å². The number of halogens is 2. The maximum atomic E-state index is 13.3. The van der Waals surface area contributed by atoms with Gasteiger partial charge >= 0.3 is 0 Å². The molecule has 106 valence electrons. The van der Waals surface area contributed by atoms with E-state index >= 15 is 0 Å². The van der Waals surface area contributed by atoms with E-state index in [4.69, 9.17) is 22.2 Å². The number of hydrazine groups is 1. The molecule has 2 rings (SSSR count). The van der Waals surface area contributed by atoms with Crippen molar-refractivity contribution in [3.05, 3.63) is 58.5 Å². The number of nitrogens with zero attached hydrogens (tertiary/aromatic N) is 1. The summed E-state index contributed by atoms with van der Waals surface area (Å²) < 4.78 is 18.3. The first-order valence-corrected chi connectivity index (χ1v) is 6.42. The average molecular weight is 296 g/mol. The number of hydrogen-bond donors (Lipinski definition) is 2. The van der Waals surface area contributed by atoms with E-state index in [1.165, 1.54) is 18.2 Å². The Bertz CT molecular complexity index is 577. The molecule has 0 amide bonds. The molecule has 0 saturated heterocycles. The van der Waals surface area contributed by atoms with Crippen molar-refractivity contribution in [1.82, 2.24) is 10.4 Å². The zero-order chi connectivity index (χ0) is 14.5. The van der Waals surface area contributed by atoms with Crippen LogP contribution in [0.4, 0.5) is 4.39 Å². The lowest BCUT2D eigenvalue weighted by atomic mass is 10.0. The van der Waals surface area contributed by atoms with E-state index in [-0.39, 0.29) is 11.9 Å². The smallest absolute Gasteiger partial charge is 0.212 e. The van der Waals surface area contributed by atoms with Gasteiger partial charge in [0.2, 0.25) is 5.88 Å². The first-order valence-electron chi connectivity index (χ1n) is 6.04. The molecule has 0 saturated carbocycles. The lowest BCUT2D eigenvalue weighted by molar-refractivity contribution is 0.397. The van der Waals surface area contributed by atoms with E-state index in [1.54, 1.807) is 19.4 Å². The lowest BCUT2D eigenvalue weighted by Gasteiger charge is -2.18. The highest BCUT2D eigenvalue weighted by molar-refractivity contribution is 6.31.